The highest BCUT2D eigenvalue weighted by Crippen LogP contribution is 2.18. The van der Waals surface area contributed by atoms with Gasteiger partial charge in [0.2, 0.25) is 17.2 Å². The zero-order valence-electron chi connectivity index (χ0n) is 11.1. The third-order valence-electron chi connectivity index (χ3n) is 2.64. The SMILES string of the molecule is CC(Nc1nc(Cl)nc(N(C)C)n1)c1ccccc1. The smallest absolute Gasteiger partial charge is 0.230 e. The molecule has 2 rings (SSSR count). The van der Waals surface area contributed by atoms with Gasteiger partial charge in [0, 0.05) is 14.1 Å². The van der Waals surface area contributed by atoms with Crippen LogP contribution in [0.3, 0.4) is 0 Å². The fourth-order valence-corrected chi connectivity index (χ4v) is 1.78. The van der Waals surface area contributed by atoms with Gasteiger partial charge in [0.15, 0.2) is 0 Å². The number of hydrogen-bond donors (Lipinski definition) is 1. The Labute approximate surface area is 117 Å². The number of halogens is 1. The number of benzene rings is 1. The first kappa shape index (κ1) is 13.5. The van der Waals surface area contributed by atoms with Crippen LogP contribution in [0.15, 0.2) is 30.3 Å². The summed E-state index contributed by atoms with van der Waals surface area (Å²) in [5.41, 5.74) is 1.16. The van der Waals surface area contributed by atoms with E-state index in [0.717, 1.165) is 5.56 Å². The molecule has 1 unspecified atom stereocenters. The molecule has 0 aliphatic rings. The Balaban J connectivity index is 2.19. The summed E-state index contributed by atoms with van der Waals surface area (Å²) in [7, 11) is 3.71. The Hall–Kier alpha value is -1.88. The molecular weight excluding hydrogens is 262 g/mol. The predicted octanol–water partition coefficient (Wildman–Crippen LogP) is 2.76. The number of hydrogen-bond acceptors (Lipinski definition) is 5. The molecule has 0 radical (unpaired) electrons. The van der Waals surface area contributed by atoms with Gasteiger partial charge in [-0.3, -0.25) is 0 Å². The lowest BCUT2D eigenvalue weighted by atomic mass is 10.1. The second-order valence-corrected chi connectivity index (χ2v) is 4.74. The molecule has 0 aliphatic heterocycles. The predicted molar refractivity (Wildman–Crippen MR) is 77.6 cm³/mol. The third kappa shape index (κ3) is 3.54. The van der Waals surface area contributed by atoms with Crippen molar-refractivity contribution in [1.82, 2.24) is 15.0 Å². The van der Waals surface area contributed by atoms with Crippen molar-refractivity contribution in [1.29, 1.82) is 0 Å². The molecule has 0 amide bonds. The van der Waals surface area contributed by atoms with E-state index in [4.69, 9.17) is 11.6 Å². The standard InChI is InChI=1S/C13H16ClN5/c1-9(10-7-5-4-6-8-10)15-12-16-11(14)17-13(18-12)19(2)3/h4-9H,1-3H3,(H,15,16,17,18). The maximum absolute atomic E-state index is 5.89. The average Bonchev–Trinajstić information content (AvgIpc) is 2.39. The topological polar surface area (TPSA) is 53.9 Å². The molecule has 6 heteroatoms. The Morgan fingerprint density at radius 1 is 1.11 bits per heavy atom. The van der Waals surface area contributed by atoms with Gasteiger partial charge in [-0.25, -0.2) is 0 Å². The summed E-state index contributed by atoms with van der Waals surface area (Å²) in [5, 5.41) is 3.40. The number of nitrogens with zero attached hydrogens (tertiary/aromatic N) is 4. The van der Waals surface area contributed by atoms with E-state index in [1.54, 1.807) is 4.90 Å². The monoisotopic (exact) mass is 277 g/mol. The van der Waals surface area contributed by atoms with Crippen molar-refractivity contribution in [3.63, 3.8) is 0 Å². The van der Waals surface area contributed by atoms with Crippen LogP contribution in [-0.4, -0.2) is 29.0 Å². The van der Waals surface area contributed by atoms with Crippen LogP contribution >= 0.6 is 11.6 Å². The van der Waals surface area contributed by atoms with Gasteiger partial charge in [-0.2, -0.15) is 15.0 Å². The van der Waals surface area contributed by atoms with E-state index in [-0.39, 0.29) is 11.3 Å². The van der Waals surface area contributed by atoms with E-state index in [2.05, 4.69) is 20.3 Å². The van der Waals surface area contributed by atoms with Crippen molar-refractivity contribution in [3.8, 4) is 0 Å². The van der Waals surface area contributed by atoms with Crippen molar-refractivity contribution >= 4 is 23.5 Å². The molecule has 1 heterocycles. The largest absolute Gasteiger partial charge is 0.348 e. The van der Waals surface area contributed by atoms with Gasteiger partial charge in [-0.15, -0.1) is 0 Å². The first-order chi connectivity index (χ1) is 9.06. The fourth-order valence-electron chi connectivity index (χ4n) is 1.62. The lowest BCUT2D eigenvalue weighted by Gasteiger charge is -2.16. The highest BCUT2D eigenvalue weighted by atomic mass is 35.5. The summed E-state index contributed by atoms with van der Waals surface area (Å²) >= 11 is 5.89. The molecule has 0 aliphatic carbocycles. The quantitative estimate of drug-likeness (QED) is 0.931. The average molecular weight is 278 g/mol. The third-order valence-corrected chi connectivity index (χ3v) is 2.81. The molecule has 2 aromatic rings. The Bertz CT molecular complexity index is 544. The van der Waals surface area contributed by atoms with Crippen LogP contribution in [0.4, 0.5) is 11.9 Å². The lowest BCUT2D eigenvalue weighted by molar-refractivity contribution is 0.847. The molecule has 1 N–H and O–H groups in total. The van der Waals surface area contributed by atoms with Crippen LogP contribution in [0.25, 0.3) is 0 Å². The summed E-state index contributed by atoms with van der Waals surface area (Å²) in [6.07, 6.45) is 0. The normalized spacial score (nSPS) is 12.0. The van der Waals surface area contributed by atoms with Gasteiger partial charge in [0.25, 0.3) is 0 Å². The van der Waals surface area contributed by atoms with Crippen LogP contribution in [-0.2, 0) is 0 Å². The maximum Gasteiger partial charge on any atom is 0.230 e. The zero-order valence-corrected chi connectivity index (χ0v) is 11.9. The van der Waals surface area contributed by atoms with Crippen molar-refractivity contribution in [2.75, 3.05) is 24.3 Å². The van der Waals surface area contributed by atoms with E-state index < -0.39 is 0 Å². The van der Waals surface area contributed by atoms with Crippen molar-refractivity contribution in [2.24, 2.45) is 0 Å². The molecule has 0 bridgehead atoms. The van der Waals surface area contributed by atoms with Crippen molar-refractivity contribution in [3.05, 3.63) is 41.2 Å². The summed E-state index contributed by atoms with van der Waals surface area (Å²) in [5.74, 6) is 1.00. The molecule has 19 heavy (non-hydrogen) atoms. The van der Waals surface area contributed by atoms with Crippen LogP contribution in [0.2, 0.25) is 5.28 Å². The summed E-state index contributed by atoms with van der Waals surface area (Å²) in [6, 6.07) is 10.2. The van der Waals surface area contributed by atoms with E-state index in [0.29, 0.717) is 11.9 Å². The van der Waals surface area contributed by atoms with Gasteiger partial charge in [0.1, 0.15) is 0 Å². The molecule has 1 atom stereocenters. The number of aromatic nitrogens is 3. The molecular formula is C13H16ClN5. The molecule has 1 aromatic carbocycles. The number of rotatable bonds is 4. The van der Waals surface area contributed by atoms with E-state index >= 15 is 0 Å². The molecule has 0 spiro atoms. The minimum Gasteiger partial charge on any atom is -0.348 e. The highest BCUT2D eigenvalue weighted by Gasteiger charge is 2.10. The van der Waals surface area contributed by atoms with Gasteiger partial charge in [-0.05, 0) is 24.1 Å². The second kappa shape index (κ2) is 5.84. The summed E-state index contributed by atoms with van der Waals surface area (Å²) in [6.45, 7) is 2.04. The molecule has 0 saturated heterocycles. The molecule has 0 fully saturated rings. The van der Waals surface area contributed by atoms with Crippen LogP contribution < -0.4 is 10.2 Å². The molecule has 5 nitrogen and oxygen atoms in total. The van der Waals surface area contributed by atoms with E-state index in [1.807, 2.05) is 51.4 Å². The lowest BCUT2D eigenvalue weighted by Crippen LogP contribution is -2.16. The second-order valence-electron chi connectivity index (χ2n) is 4.40. The van der Waals surface area contributed by atoms with Gasteiger partial charge in [0.05, 0.1) is 6.04 Å². The van der Waals surface area contributed by atoms with E-state index in [9.17, 15) is 0 Å². The Kier molecular flexibility index (Phi) is 4.16. The van der Waals surface area contributed by atoms with Crippen molar-refractivity contribution in [2.45, 2.75) is 13.0 Å². The van der Waals surface area contributed by atoms with Gasteiger partial charge >= 0.3 is 0 Å². The summed E-state index contributed by atoms with van der Waals surface area (Å²) in [4.78, 5) is 14.2. The van der Waals surface area contributed by atoms with Gasteiger partial charge < -0.3 is 10.2 Å². The number of anilines is 2. The van der Waals surface area contributed by atoms with Gasteiger partial charge in [-0.1, -0.05) is 30.3 Å². The van der Waals surface area contributed by atoms with E-state index in [1.165, 1.54) is 0 Å². The molecule has 1 aromatic heterocycles. The minimum absolute atomic E-state index is 0.0923. The highest BCUT2D eigenvalue weighted by molar-refractivity contribution is 6.28. The first-order valence-corrected chi connectivity index (χ1v) is 6.34. The summed E-state index contributed by atoms with van der Waals surface area (Å²) < 4.78 is 0. The van der Waals surface area contributed by atoms with Crippen LogP contribution in [0.1, 0.15) is 18.5 Å². The van der Waals surface area contributed by atoms with Crippen molar-refractivity contribution < 1.29 is 0 Å². The maximum atomic E-state index is 5.89. The van der Waals surface area contributed by atoms with Crippen LogP contribution in [0.5, 0.6) is 0 Å². The van der Waals surface area contributed by atoms with Crippen LogP contribution in [0, 0.1) is 0 Å². The Morgan fingerprint density at radius 3 is 2.42 bits per heavy atom. The molecule has 0 saturated carbocycles. The molecule has 100 valence electrons. The Morgan fingerprint density at radius 2 is 1.79 bits per heavy atom. The minimum atomic E-state index is 0.0923. The fraction of sp³-hybridized carbons (Fsp3) is 0.308. The first-order valence-electron chi connectivity index (χ1n) is 5.96. The zero-order chi connectivity index (χ0) is 13.8. The number of nitrogens with one attached hydrogen (secondary N) is 1.